The molecule has 4 heteroatoms. The lowest BCUT2D eigenvalue weighted by atomic mass is 10.1. The molecule has 0 unspecified atom stereocenters. The van der Waals surface area contributed by atoms with E-state index in [9.17, 15) is 4.79 Å². The van der Waals surface area contributed by atoms with E-state index >= 15 is 0 Å². The predicted octanol–water partition coefficient (Wildman–Crippen LogP) is 2.89. The van der Waals surface area contributed by atoms with Crippen molar-refractivity contribution >= 4 is 28.5 Å². The van der Waals surface area contributed by atoms with Crippen molar-refractivity contribution in [1.82, 2.24) is 4.98 Å². The molecule has 1 N–H and O–H groups in total. The molecule has 0 aliphatic carbocycles. The first kappa shape index (κ1) is 9.93. The maximum absolute atomic E-state index is 11.0. The van der Waals surface area contributed by atoms with Crippen molar-refractivity contribution in [3.05, 3.63) is 40.5 Å². The van der Waals surface area contributed by atoms with Crippen molar-refractivity contribution in [1.29, 1.82) is 0 Å². The van der Waals surface area contributed by atoms with Crippen LogP contribution >= 0.6 is 11.6 Å². The van der Waals surface area contributed by atoms with Crippen LogP contribution in [0.1, 0.15) is 15.9 Å². The third-order valence-electron chi connectivity index (χ3n) is 2.16. The van der Waals surface area contributed by atoms with Gasteiger partial charge in [-0.2, -0.15) is 0 Å². The fourth-order valence-corrected chi connectivity index (χ4v) is 1.68. The van der Waals surface area contributed by atoms with Crippen LogP contribution in [0.4, 0.5) is 0 Å². The third-order valence-corrected chi connectivity index (χ3v) is 2.36. The van der Waals surface area contributed by atoms with E-state index in [-0.39, 0.29) is 10.7 Å². The summed E-state index contributed by atoms with van der Waals surface area (Å²) in [7, 11) is 0. The Hall–Kier alpha value is -1.61. The topological polar surface area (TPSA) is 50.2 Å². The third kappa shape index (κ3) is 1.78. The molecule has 1 aromatic heterocycles. The van der Waals surface area contributed by atoms with Gasteiger partial charge in [-0.1, -0.05) is 23.7 Å². The molecule has 0 amide bonds. The fraction of sp³-hybridized carbons (Fsp3) is 0.0909. The molecule has 0 saturated heterocycles. The molecule has 0 bridgehead atoms. The second-order valence-corrected chi connectivity index (χ2v) is 3.71. The molecule has 0 spiro atoms. The Morgan fingerprint density at radius 3 is 2.80 bits per heavy atom. The minimum atomic E-state index is -0.992. The molecule has 1 aromatic carbocycles. The number of hydrogen-bond acceptors (Lipinski definition) is 2. The van der Waals surface area contributed by atoms with Crippen LogP contribution in [0.15, 0.2) is 24.3 Å². The number of hydrogen-bond donors (Lipinski definition) is 1. The van der Waals surface area contributed by atoms with Crippen molar-refractivity contribution in [2.24, 2.45) is 0 Å². The highest BCUT2D eigenvalue weighted by molar-refractivity contribution is 6.30. The summed E-state index contributed by atoms with van der Waals surface area (Å²) in [5.74, 6) is -0.992. The normalized spacial score (nSPS) is 10.5. The van der Waals surface area contributed by atoms with Crippen LogP contribution in [-0.4, -0.2) is 16.1 Å². The van der Waals surface area contributed by atoms with Crippen LogP contribution in [0.2, 0.25) is 5.15 Å². The number of aromatic carboxylic acids is 1. The molecule has 1 heterocycles. The Kier molecular flexibility index (Phi) is 2.32. The highest BCUT2D eigenvalue weighted by Gasteiger charge is 2.10. The molecule has 0 radical (unpaired) electrons. The summed E-state index contributed by atoms with van der Waals surface area (Å²) < 4.78 is 0. The zero-order valence-corrected chi connectivity index (χ0v) is 8.75. The Balaban J connectivity index is 2.86. The smallest absolute Gasteiger partial charge is 0.336 e. The summed E-state index contributed by atoms with van der Waals surface area (Å²) in [6, 6.07) is 6.77. The quantitative estimate of drug-likeness (QED) is 0.754. The van der Waals surface area contributed by atoms with Gasteiger partial charge in [-0.05, 0) is 24.6 Å². The first-order valence-electron chi connectivity index (χ1n) is 4.38. The highest BCUT2D eigenvalue weighted by atomic mass is 35.5. The second-order valence-electron chi connectivity index (χ2n) is 3.32. The van der Waals surface area contributed by atoms with Crippen LogP contribution < -0.4 is 0 Å². The number of aromatic nitrogens is 1. The minimum Gasteiger partial charge on any atom is -0.478 e. The standard InChI is InChI=1S/C11H8ClNO2/c1-6-2-3-7-8(11(14)15)5-10(12)13-9(7)4-6/h2-5H,1H3,(H,14,15). The van der Waals surface area contributed by atoms with Gasteiger partial charge in [-0.15, -0.1) is 0 Å². The zero-order chi connectivity index (χ0) is 11.0. The molecule has 0 aliphatic heterocycles. The van der Waals surface area contributed by atoms with Gasteiger partial charge in [0, 0.05) is 5.39 Å². The number of rotatable bonds is 1. The molecular weight excluding hydrogens is 214 g/mol. The summed E-state index contributed by atoms with van der Waals surface area (Å²) in [5.41, 5.74) is 1.82. The van der Waals surface area contributed by atoms with Crippen LogP contribution in [0, 0.1) is 6.92 Å². The number of carboxylic acid groups (broad SMARTS) is 1. The van der Waals surface area contributed by atoms with E-state index in [2.05, 4.69) is 4.98 Å². The number of halogens is 1. The largest absolute Gasteiger partial charge is 0.478 e. The molecule has 0 fully saturated rings. The number of aryl methyl sites for hydroxylation is 1. The van der Waals surface area contributed by atoms with Gasteiger partial charge >= 0.3 is 5.97 Å². The van der Waals surface area contributed by atoms with Crippen LogP contribution in [-0.2, 0) is 0 Å². The Morgan fingerprint density at radius 2 is 2.13 bits per heavy atom. The van der Waals surface area contributed by atoms with Gasteiger partial charge in [-0.25, -0.2) is 9.78 Å². The van der Waals surface area contributed by atoms with Crippen molar-refractivity contribution < 1.29 is 9.90 Å². The van der Waals surface area contributed by atoms with E-state index in [1.807, 2.05) is 19.1 Å². The molecule has 0 saturated carbocycles. The summed E-state index contributed by atoms with van der Waals surface area (Å²) >= 11 is 5.75. The average molecular weight is 222 g/mol. The van der Waals surface area contributed by atoms with Gasteiger partial charge in [0.05, 0.1) is 11.1 Å². The maximum Gasteiger partial charge on any atom is 0.336 e. The number of carbonyl (C=O) groups is 1. The summed E-state index contributed by atoms with van der Waals surface area (Å²) in [5, 5.41) is 9.80. The summed E-state index contributed by atoms with van der Waals surface area (Å²) in [6.07, 6.45) is 0. The molecule has 0 atom stereocenters. The van der Waals surface area contributed by atoms with E-state index in [0.717, 1.165) is 5.56 Å². The Labute approximate surface area is 91.3 Å². The molecule has 2 rings (SSSR count). The van der Waals surface area contributed by atoms with Gasteiger partial charge in [-0.3, -0.25) is 0 Å². The first-order chi connectivity index (χ1) is 7.08. The summed E-state index contributed by atoms with van der Waals surface area (Å²) in [6.45, 7) is 1.92. The van der Waals surface area contributed by atoms with Crippen LogP contribution in [0.3, 0.4) is 0 Å². The van der Waals surface area contributed by atoms with Gasteiger partial charge < -0.3 is 5.11 Å². The molecule has 0 aliphatic rings. The maximum atomic E-state index is 11.0. The molecule has 76 valence electrons. The van der Waals surface area contributed by atoms with Gasteiger partial charge in [0.2, 0.25) is 0 Å². The number of pyridine rings is 1. The second kappa shape index (κ2) is 3.51. The van der Waals surface area contributed by atoms with E-state index in [0.29, 0.717) is 10.9 Å². The summed E-state index contributed by atoms with van der Waals surface area (Å²) in [4.78, 5) is 15.0. The first-order valence-corrected chi connectivity index (χ1v) is 4.76. The van der Waals surface area contributed by atoms with E-state index in [4.69, 9.17) is 16.7 Å². The number of fused-ring (bicyclic) bond motifs is 1. The molecular formula is C11H8ClNO2. The number of nitrogens with zero attached hydrogens (tertiary/aromatic N) is 1. The fourth-order valence-electron chi connectivity index (χ4n) is 1.48. The molecule has 3 nitrogen and oxygen atoms in total. The van der Waals surface area contributed by atoms with Crippen molar-refractivity contribution in [2.45, 2.75) is 6.92 Å². The van der Waals surface area contributed by atoms with E-state index < -0.39 is 5.97 Å². The van der Waals surface area contributed by atoms with E-state index in [1.54, 1.807) is 6.07 Å². The lowest BCUT2D eigenvalue weighted by Crippen LogP contribution is -1.99. The Bertz CT molecular complexity index is 546. The number of benzene rings is 1. The monoisotopic (exact) mass is 221 g/mol. The zero-order valence-electron chi connectivity index (χ0n) is 7.99. The Morgan fingerprint density at radius 1 is 1.40 bits per heavy atom. The molecule has 2 aromatic rings. The molecule has 15 heavy (non-hydrogen) atoms. The van der Waals surface area contributed by atoms with Crippen LogP contribution in [0.5, 0.6) is 0 Å². The van der Waals surface area contributed by atoms with Crippen molar-refractivity contribution in [3.8, 4) is 0 Å². The lowest BCUT2D eigenvalue weighted by molar-refractivity contribution is 0.0699. The van der Waals surface area contributed by atoms with Crippen LogP contribution in [0.25, 0.3) is 10.9 Å². The van der Waals surface area contributed by atoms with Gasteiger partial charge in [0.1, 0.15) is 5.15 Å². The highest BCUT2D eigenvalue weighted by Crippen LogP contribution is 2.21. The predicted molar refractivity (Wildman–Crippen MR) is 58.4 cm³/mol. The average Bonchev–Trinajstić information content (AvgIpc) is 2.15. The lowest BCUT2D eigenvalue weighted by Gasteiger charge is -2.03. The minimum absolute atomic E-state index is 0.185. The van der Waals surface area contributed by atoms with E-state index in [1.165, 1.54) is 6.07 Å². The van der Waals surface area contributed by atoms with Gasteiger partial charge in [0.15, 0.2) is 0 Å². The van der Waals surface area contributed by atoms with Crippen molar-refractivity contribution in [2.75, 3.05) is 0 Å². The SMILES string of the molecule is Cc1ccc2c(C(=O)O)cc(Cl)nc2c1. The van der Waals surface area contributed by atoms with Gasteiger partial charge in [0.25, 0.3) is 0 Å². The van der Waals surface area contributed by atoms with Crippen molar-refractivity contribution in [3.63, 3.8) is 0 Å². The number of carboxylic acids is 1.